The first kappa shape index (κ1) is 13.0. The Bertz CT molecular complexity index is 602. The Kier molecular flexibility index (Phi) is 3.98. The highest BCUT2D eigenvalue weighted by atomic mass is 79.9. The molecule has 2 rings (SSSR count). The Morgan fingerprint density at radius 2 is 2.00 bits per heavy atom. The van der Waals surface area contributed by atoms with Crippen LogP contribution in [-0.4, -0.2) is 16.1 Å². The van der Waals surface area contributed by atoms with Crippen LogP contribution in [-0.2, 0) is 0 Å². The highest BCUT2D eigenvalue weighted by Crippen LogP contribution is 2.31. The molecular formula is C12H7Br2NO3. The summed E-state index contributed by atoms with van der Waals surface area (Å²) in [6.45, 7) is 0. The molecule has 1 N–H and O–H groups in total. The number of benzene rings is 1. The number of halogens is 2. The van der Waals surface area contributed by atoms with Gasteiger partial charge in [-0.2, -0.15) is 0 Å². The van der Waals surface area contributed by atoms with E-state index < -0.39 is 5.97 Å². The number of hydrogen-bond donors (Lipinski definition) is 1. The first-order valence-corrected chi connectivity index (χ1v) is 6.46. The molecule has 0 spiro atoms. The van der Waals surface area contributed by atoms with E-state index in [1.165, 1.54) is 12.1 Å². The summed E-state index contributed by atoms with van der Waals surface area (Å²) in [7, 11) is 0. The van der Waals surface area contributed by atoms with E-state index in [2.05, 4.69) is 36.8 Å². The smallest absolute Gasteiger partial charge is 0.335 e. The van der Waals surface area contributed by atoms with Crippen molar-refractivity contribution in [3.63, 3.8) is 0 Å². The van der Waals surface area contributed by atoms with E-state index in [-0.39, 0.29) is 5.56 Å². The predicted octanol–water partition coefficient (Wildman–Crippen LogP) is 4.10. The van der Waals surface area contributed by atoms with Gasteiger partial charge in [0.1, 0.15) is 11.5 Å². The van der Waals surface area contributed by atoms with Crippen LogP contribution in [0, 0.1) is 0 Å². The fourth-order valence-corrected chi connectivity index (χ4v) is 2.10. The topological polar surface area (TPSA) is 59.4 Å². The molecule has 0 saturated heterocycles. The van der Waals surface area contributed by atoms with E-state index in [0.717, 1.165) is 4.47 Å². The molecule has 0 fully saturated rings. The maximum atomic E-state index is 10.8. The second-order valence-corrected chi connectivity index (χ2v) is 5.16. The van der Waals surface area contributed by atoms with Gasteiger partial charge < -0.3 is 9.84 Å². The van der Waals surface area contributed by atoms with Crippen molar-refractivity contribution in [1.29, 1.82) is 0 Å². The van der Waals surface area contributed by atoms with Gasteiger partial charge in [0.2, 0.25) is 0 Å². The third-order valence-electron chi connectivity index (χ3n) is 2.09. The predicted molar refractivity (Wildman–Crippen MR) is 73.1 cm³/mol. The highest BCUT2D eigenvalue weighted by molar-refractivity contribution is 9.10. The van der Waals surface area contributed by atoms with Crippen molar-refractivity contribution in [2.45, 2.75) is 0 Å². The summed E-state index contributed by atoms with van der Waals surface area (Å²) < 4.78 is 6.97. The monoisotopic (exact) mass is 371 g/mol. The van der Waals surface area contributed by atoms with Gasteiger partial charge in [0.25, 0.3) is 0 Å². The number of aromatic nitrogens is 1. The van der Waals surface area contributed by atoms with Gasteiger partial charge in [-0.15, -0.1) is 0 Å². The minimum absolute atomic E-state index is 0.196. The number of hydrogen-bond acceptors (Lipinski definition) is 3. The average Bonchev–Trinajstić information content (AvgIpc) is 2.31. The molecule has 0 unspecified atom stereocenters. The van der Waals surface area contributed by atoms with Crippen molar-refractivity contribution in [3.05, 3.63) is 51.2 Å². The van der Waals surface area contributed by atoms with Crippen LogP contribution in [0.3, 0.4) is 0 Å². The minimum atomic E-state index is -0.980. The van der Waals surface area contributed by atoms with E-state index in [0.29, 0.717) is 16.0 Å². The van der Waals surface area contributed by atoms with E-state index in [9.17, 15) is 4.79 Å². The molecule has 1 heterocycles. The summed E-state index contributed by atoms with van der Waals surface area (Å²) in [5.74, 6) is 0.111. The molecule has 18 heavy (non-hydrogen) atoms. The number of aromatic carboxylic acids is 1. The van der Waals surface area contributed by atoms with Crippen molar-refractivity contribution in [1.82, 2.24) is 4.98 Å². The van der Waals surface area contributed by atoms with Crippen LogP contribution in [0.15, 0.2) is 45.6 Å². The fourth-order valence-electron chi connectivity index (χ4n) is 1.29. The van der Waals surface area contributed by atoms with Gasteiger partial charge in [-0.05, 0) is 56.1 Å². The minimum Gasteiger partial charge on any atom is -0.478 e. The van der Waals surface area contributed by atoms with Gasteiger partial charge in [0.15, 0.2) is 0 Å². The Balaban J connectivity index is 2.27. The molecule has 6 heteroatoms. The second-order valence-electron chi connectivity index (χ2n) is 3.39. The molecule has 0 atom stereocenters. The van der Waals surface area contributed by atoms with Crippen molar-refractivity contribution >= 4 is 37.8 Å². The number of pyridine rings is 1. The second kappa shape index (κ2) is 5.49. The fraction of sp³-hybridized carbons (Fsp3) is 0. The number of nitrogens with zero attached hydrogens (tertiary/aromatic N) is 1. The van der Waals surface area contributed by atoms with E-state index in [1.807, 2.05) is 0 Å². The highest BCUT2D eigenvalue weighted by Gasteiger charge is 2.08. The lowest BCUT2D eigenvalue weighted by atomic mass is 10.2. The molecule has 0 bridgehead atoms. The summed E-state index contributed by atoms with van der Waals surface area (Å²) in [6.07, 6.45) is 3.22. The van der Waals surface area contributed by atoms with Crippen molar-refractivity contribution < 1.29 is 14.6 Å². The Labute approximate surface area is 120 Å². The quantitative estimate of drug-likeness (QED) is 0.881. The molecule has 0 amide bonds. The van der Waals surface area contributed by atoms with Gasteiger partial charge in [-0.3, -0.25) is 4.98 Å². The summed E-state index contributed by atoms with van der Waals surface area (Å²) >= 11 is 6.56. The number of carboxylic acids is 1. The lowest BCUT2D eigenvalue weighted by Gasteiger charge is -2.08. The summed E-state index contributed by atoms with van der Waals surface area (Å²) in [4.78, 5) is 14.8. The number of carbonyl (C=O) groups is 1. The zero-order chi connectivity index (χ0) is 13.1. The molecule has 2 aromatic rings. The van der Waals surface area contributed by atoms with Gasteiger partial charge >= 0.3 is 5.97 Å². The largest absolute Gasteiger partial charge is 0.478 e. The first-order valence-electron chi connectivity index (χ1n) is 4.87. The van der Waals surface area contributed by atoms with Crippen LogP contribution in [0.1, 0.15) is 10.4 Å². The van der Waals surface area contributed by atoms with Gasteiger partial charge in [0, 0.05) is 10.7 Å². The van der Waals surface area contributed by atoms with Crippen molar-refractivity contribution in [3.8, 4) is 11.5 Å². The van der Waals surface area contributed by atoms with Crippen LogP contribution in [0.4, 0.5) is 0 Å². The maximum Gasteiger partial charge on any atom is 0.335 e. The Morgan fingerprint density at radius 1 is 1.22 bits per heavy atom. The number of carboxylic acid groups (broad SMARTS) is 1. The summed E-state index contributed by atoms with van der Waals surface area (Å²) in [5, 5.41) is 8.85. The zero-order valence-corrected chi connectivity index (χ0v) is 12.1. The zero-order valence-electron chi connectivity index (χ0n) is 8.93. The molecule has 0 aliphatic heterocycles. The van der Waals surface area contributed by atoms with Gasteiger partial charge in [-0.25, -0.2) is 4.79 Å². The van der Waals surface area contributed by atoms with E-state index in [1.54, 1.807) is 24.5 Å². The number of rotatable bonds is 3. The molecular weight excluding hydrogens is 366 g/mol. The van der Waals surface area contributed by atoms with Gasteiger partial charge in [-0.1, -0.05) is 0 Å². The SMILES string of the molecule is O=C(O)c1ccc(Oc2cncc(Br)c2)c(Br)c1. The Morgan fingerprint density at radius 3 is 2.61 bits per heavy atom. The lowest BCUT2D eigenvalue weighted by Crippen LogP contribution is -1.96. The van der Waals surface area contributed by atoms with Crippen LogP contribution < -0.4 is 4.74 Å². The average molecular weight is 373 g/mol. The molecule has 1 aromatic heterocycles. The van der Waals surface area contributed by atoms with Crippen LogP contribution in [0.25, 0.3) is 0 Å². The molecule has 0 saturated carbocycles. The standard InChI is InChI=1S/C12H7Br2NO3/c13-8-4-9(6-15-5-8)18-11-2-1-7(12(16)17)3-10(11)14/h1-6H,(H,16,17). The molecule has 0 aliphatic rings. The lowest BCUT2D eigenvalue weighted by molar-refractivity contribution is 0.0697. The Hall–Kier alpha value is -1.40. The third-order valence-corrected chi connectivity index (χ3v) is 3.14. The van der Waals surface area contributed by atoms with Crippen molar-refractivity contribution in [2.75, 3.05) is 0 Å². The summed E-state index contributed by atoms with van der Waals surface area (Å²) in [6, 6.07) is 6.33. The third kappa shape index (κ3) is 3.08. The van der Waals surface area contributed by atoms with Gasteiger partial charge in [0.05, 0.1) is 16.2 Å². The molecule has 4 nitrogen and oxygen atoms in total. The van der Waals surface area contributed by atoms with Crippen LogP contribution in [0.2, 0.25) is 0 Å². The van der Waals surface area contributed by atoms with Crippen molar-refractivity contribution in [2.24, 2.45) is 0 Å². The number of ether oxygens (including phenoxy) is 1. The maximum absolute atomic E-state index is 10.8. The summed E-state index contributed by atoms with van der Waals surface area (Å²) in [5.41, 5.74) is 0.196. The van der Waals surface area contributed by atoms with Crippen LogP contribution >= 0.6 is 31.9 Å². The van der Waals surface area contributed by atoms with E-state index >= 15 is 0 Å². The van der Waals surface area contributed by atoms with E-state index in [4.69, 9.17) is 9.84 Å². The first-order chi connectivity index (χ1) is 8.56. The molecule has 92 valence electrons. The van der Waals surface area contributed by atoms with Crippen LogP contribution in [0.5, 0.6) is 11.5 Å². The normalized spacial score (nSPS) is 10.1. The molecule has 1 aromatic carbocycles. The molecule has 0 radical (unpaired) electrons. The molecule has 0 aliphatic carbocycles.